The van der Waals surface area contributed by atoms with Crippen molar-refractivity contribution in [1.29, 1.82) is 0 Å². The molecular formula is C9H10ClN3O. The van der Waals surface area contributed by atoms with Crippen LogP contribution in [0.3, 0.4) is 0 Å². The second-order valence-electron chi connectivity index (χ2n) is 2.68. The number of hydrogen-bond donors (Lipinski definition) is 2. The maximum atomic E-state index is 10.4. The molecule has 1 aromatic carbocycles. The minimum absolute atomic E-state index is 0.621. The highest BCUT2D eigenvalue weighted by molar-refractivity contribution is 6.31. The van der Waals surface area contributed by atoms with Crippen molar-refractivity contribution < 1.29 is 4.79 Å². The fourth-order valence-corrected chi connectivity index (χ4v) is 1.11. The number of hydrazone groups is 1. The fraction of sp³-hybridized carbons (Fsp3) is 0.111. The number of nitrogens with one attached hydrogen (secondary N) is 1. The van der Waals surface area contributed by atoms with Crippen LogP contribution in [0.5, 0.6) is 0 Å². The van der Waals surface area contributed by atoms with Crippen LogP contribution in [0.15, 0.2) is 29.4 Å². The highest BCUT2D eigenvalue weighted by Crippen LogP contribution is 2.11. The summed E-state index contributed by atoms with van der Waals surface area (Å²) in [4.78, 5) is 10.4. The summed E-state index contributed by atoms with van der Waals surface area (Å²) >= 11 is 5.78. The summed E-state index contributed by atoms with van der Waals surface area (Å²) in [6.07, 6.45) is 0. The SMILES string of the molecule is C/C(=N/NC(N)=O)c1cccc(Cl)c1. The normalized spacial score (nSPS) is 11.1. The predicted octanol–water partition coefficient (Wildman–Crippen LogP) is 1.73. The molecule has 0 radical (unpaired) electrons. The Morgan fingerprint density at radius 1 is 1.57 bits per heavy atom. The monoisotopic (exact) mass is 211 g/mol. The van der Waals surface area contributed by atoms with Crippen molar-refractivity contribution in [1.82, 2.24) is 5.43 Å². The Morgan fingerprint density at radius 3 is 2.86 bits per heavy atom. The number of hydrogen-bond acceptors (Lipinski definition) is 2. The number of carbonyl (C=O) groups excluding carboxylic acids is 1. The van der Waals surface area contributed by atoms with Crippen molar-refractivity contribution in [2.24, 2.45) is 10.8 Å². The second kappa shape index (κ2) is 4.62. The summed E-state index contributed by atoms with van der Waals surface area (Å²) in [5, 5.41) is 4.39. The zero-order valence-corrected chi connectivity index (χ0v) is 8.38. The molecule has 0 bridgehead atoms. The molecule has 74 valence electrons. The first-order chi connectivity index (χ1) is 6.59. The Labute approximate surface area is 86.7 Å². The lowest BCUT2D eigenvalue weighted by molar-refractivity contribution is 0.249. The third kappa shape index (κ3) is 3.06. The van der Waals surface area contributed by atoms with E-state index in [4.69, 9.17) is 17.3 Å². The van der Waals surface area contributed by atoms with E-state index in [1.165, 1.54) is 0 Å². The van der Waals surface area contributed by atoms with E-state index < -0.39 is 6.03 Å². The van der Waals surface area contributed by atoms with Crippen molar-refractivity contribution in [3.8, 4) is 0 Å². The smallest absolute Gasteiger partial charge is 0.332 e. The average molecular weight is 212 g/mol. The van der Waals surface area contributed by atoms with E-state index >= 15 is 0 Å². The minimum atomic E-state index is -0.689. The lowest BCUT2D eigenvalue weighted by atomic mass is 10.1. The van der Waals surface area contributed by atoms with Crippen LogP contribution in [0.25, 0.3) is 0 Å². The molecule has 0 aliphatic rings. The maximum Gasteiger partial charge on any atom is 0.332 e. The molecule has 1 aromatic rings. The number of carbonyl (C=O) groups is 1. The summed E-state index contributed by atoms with van der Waals surface area (Å²) in [6.45, 7) is 1.75. The van der Waals surface area contributed by atoms with E-state index in [0.717, 1.165) is 5.56 Å². The first kappa shape index (κ1) is 10.5. The van der Waals surface area contributed by atoms with Crippen LogP contribution < -0.4 is 11.2 Å². The molecule has 1 rings (SSSR count). The van der Waals surface area contributed by atoms with E-state index in [0.29, 0.717) is 10.7 Å². The summed E-state index contributed by atoms with van der Waals surface area (Å²) in [5.41, 5.74) is 8.50. The molecule has 0 fully saturated rings. The first-order valence-electron chi connectivity index (χ1n) is 3.95. The van der Waals surface area contributed by atoms with Gasteiger partial charge >= 0.3 is 6.03 Å². The number of amides is 2. The van der Waals surface area contributed by atoms with Gasteiger partial charge in [0.2, 0.25) is 0 Å². The van der Waals surface area contributed by atoms with Gasteiger partial charge in [0, 0.05) is 5.02 Å². The van der Waals surface area contributed by atoms with Crippen molar-refractivity contribution in [3.05, 3.63) is 34.9 Å². The van der Waals surface area contributed by atoms with E-state index in [2.05, 4.69) is 10.5 Å². The summed E-state index contributed by atoms with van der Waals surface area (Å²) < 4.78 is 0. The van der Waals surface area contributed by atoms with Crippen LogP contribution in [-0.4, -0.2) is 11.7 Å². The van der Waals surface area contributed by atoms with E-state index in [-0.39, 0.29) is 0 Å². The van der Waals surface area contributed by atoms with Crippen LogP contribution in [-0.2, 0) is 0 Å². The number of nitrogens with zero attached hydrogens (tertiary/aromatic N) is 1. The van der Waals surface area contributed by atoms with Crippen LogP contribution in [0.1, 0.15) is 12.5 Å². The number of urea groups is 1. The quantitative estimate of drug-likeness (QED) is 0.568. The van der Waals surface area contributed by atoms with Gasteiger partial charge in [-0.05, 0) is 24.6 Å². The highest BCUT2D eigenvalue weighted by atomic mass is 35.5. The van der Waals surface area contributed by atoms with Gasteiger partial charge in [0.1, 0.15) is 0 Å². The number of nitrogens with two attached hydrogens (primary N) is 1. The molecule has 0 unspecified atom stereocenters. The Morgan fingerprint density at radius 2 is 2.29 bits per heavy atom. The molecule has 14 heavy (non-hydrogen) atoms. The van der Waals surface area contributed by atoms with E-state index in [1.54, 1.807) is 25.1 Å². The van der Waals surface area contributed by atoms with E-state index in [9.17, 15) is 4.79 Å². The Kier molecular flexibility index (Phi) is 3.48. The van der Waals surface area contributed by atoms with Crippen molar-refractivity contribution in [3.63, 3.8) is 0 Å². The molecule has 0 saturated heterocycles. The van der Waals surface area contributed by atoms with Gasteiger partial charge in [-0.1, -0.05) is 23.7 Å². The van der Waals surface area contributed by atoms with Crippen molar-refractivity contribution >= 4 is 23.3 Å². The highest BCUT2D eigenvalue weighted by Gasteiger charge is 1.98. The Hall–Kier alpha value is -1.55. The lowest BCUT2D eigenvalue weighted by Gasteiger charge is -2.00. The number of benzene rings is 1. The second-order valence-corrected chi connectivity index (χ2v) is 3.12. The fourth-order valence-electron chi connectivity index (χ4n) is 0.917. The van der Waals surface area contributed by atoms with Crippen molar-refractivity contribution in [2.75, 3.05) is 0 Å². The lowest BCUT2D eigenvalue weighted by Crippen LogP contribution is -2.25. The van der Waals surface area contributed by atoms with Gasteiger partial charge < -0.3 is 5.73 Å². The van der Waals surface area contributed by atoms with Gasteiger partial charge in [-0.15, -0.1) is 0 Å². The van der Waals surface area contributed by atoms with Gasteiger partial charge in [-0.2, -0.15) is 5.10 Å². The molecule has 0 aliphatic heterocycles. The summed E-state index contributed by atoms with van der Waals surface area (Å²) in [5.74, 6) is 0. The molecule has 3 N–H and O–H groups in total. The Balaban J connectivity index is 2.83. The largest absolute Gasteiger partial charge is 0.350 e. The number of rotatable bonds is 2. The minimum Gasteiger partial charge on any atom is -0.350 e. The molecule has 0 aromatic heterocycles. The average Bonchev–Trinajstić information content (AvgIpc) is 2.14. The molecular weight excluding hydrogens is 202 g/mol. The standard InChI is InChI=1S/C9H10ClN3O/c1-6(12-13-9(11)14)7-3-2-4-8(10)5-7/h2-5H,1H3,(H3,11,13,14)/b12-6-. The van der Waals surface area contributed by atoms with Crippen LogP contribution in [0.2, 0.25) is 5.02 Å². The zero-order chi connectivity index (χ0) is 10.6. The van der Waals surface area contributed by atoms with Gasteiger partial charge in [-0.3, -0.25) is 0 Å². The maximum absolute atomic E-state index is 10.4. The molecule has 2 amide bonds. The van der Waals surface area contributed by atoms with Crippen LogP contribution >= 0.6 is 11.6 Å². The zero-order valence-electron chi connectivity index (χ0n) is 7.62. The molecule has 0 aliphatic carbocycles. The third-order valence-electron chi connectivity index (χ3n) is 1.58. The van der Waals surface area contributed by atoms with Gasteiger partial charge in [-0.25, -0.2) is 10.2 Å². The van der Waals surface area contributed by atoms with Gasteiger partial charge in [0.15, 0.2) is 0 Å². The van der Waals surface area contributed by atoms with Crippen LogP contribution in [0.4, 0.5) is 4.79 Å². The molecule has 0 atom stereocenters. The van der Waals surface area contributed by atoms with Gasteiger partial charge in [0.25, 0.3) is 0 Å². The molecule has 5 heteroatoms. The number of halogens is 1. The molecule has 0 saturated carbocycles. The summed E-state index contributed by atoms with van der Waals surface area (Å²) in [6, 6.07) is 6.48. The first-order valence-corrected chi connectivity index (χ1v) is 4.33. The Bertz CT molecular complexity index is 376. The molecule has 4 nitrogen and oxygen atoms in total. The third-order valence-corrected chi connectivity index (χ3v) is 1.81. The summed E-state index contributed by atoms with van der Waals surface area (Å²) in [7, 11) is 0. The molecule has 0 spiro atoms. The predicted molar refractivity (Wildman–Crippen MR) is 56.4 cm³/mol. The molecule has 0 heterocycles. The van der Waals surface area contributed by atoms with E-state index in [1.807, 2.05) is 6.07 Å². The van der Waals surface area contributed by atoms with Crippen molar-refractivity contribution in [2.45, 2.75) is 6.92 Å². The topological polar surface area (TPSA) is 67.5 Å². The van der Waals surface area contributed by atoms with Crippen LogP contribution in [0, 0.1) is 0 Å². The number of primary amides is 1. The van der Waals surface area contributed by atoms with Gasteiger partial charge in [0.05, 0.1) is 5.71 Å².